The molecule has 0 aliphatic heterocycles. The Kier molecular flexibility index (Phi) is 22.4. The minimum Gasteiger partial charge on any atom is -0.478 e. The van der Waals surface area contributed by atoms with Crippen molar-refractivity contribution in [1.29, 1.82) is 0 Å². The maximum absolute atomic E-state index is 7.56. The SMILES string of the molecule is CC.CCC.CCOc1cc(C)nc(-c2ccc(Cl)cc2)n1.OP(O)(O)=S.OP(O)(O)=S. The van der Waals surface area contributed by atoms with Crippen LogP contribution in [0.1, 0.15) is 46.7 Å². The maximum Gasteiger partial charge on any atom is 0.319 e. The molecule has 1 heterocycles. The van der Waals surface area contributed by atoms with Crippen molar-refractivity contribution in [3.63, 3.8) is 0 Å². The quantitative estimate of drug-likeness (QED) is 0.302. The Hall–Kier alpha value is -0.550. The van der Waals surface area contributed by atoms with Crippen LogP contribution in [0, 0.1) is 6.92 Å². The second-order valence-electron chi connectivity index (χ2n) is 5.34. The minimum atomic E-state index is -3.81. The molecule has 0 saturated carbocycles. The Bertz CT molecular complexity index is 798. The highest BCUT2D eigenvalue weighted by atomic mass is 35.5. The van der Waals surface area contributed by atoms with Crippen molar-refractivity contribution in [2.45, 2.75) is 48.0 Å². The first-order valence-corrected chi connectivity index (χ1v) is 15.1. The second kappa shape index (κ2) is 19.9. The van der Waals surface area contributed by atoms with Crippen LogP contribution in [0.25, 0.3) is 11.4 Å². The zero-order valence-corrected chi connectivity index (χ0v) is 23.1. The van der Waals surface area contributed by atoms with Crippen molar-refractivity contribution in [2.75, 3.05) is 6.61 Å². The molecule has 6 N–H and O–H groups in total. The highest BCUT2D eigenvalue weighted by molar-refractivity contribution is 8.06. The Morgan fingerprint density at radius 3 is 1.59 bits per heavy atom. The Labute approximate surface area is 205 Å². The maximum atomic E-state index is 7.56. The predicted octanol–water partition coefficient (Wildman–Crippen LogP) is 4.32. The highest BCUT2D eigenvalue weighted by Gasteiger charge is 2.05. The molecule has 0 radical (unpaired) electrons. The molecule has 0 amide bonds. The van der Waals surface area contributed by atoms with Gasteiger partial charge in [0, 0.05) is 22.3 Å². The number of hydrogen-bond acceptors (Lipinski definition) is 5. The molecule has 0 bridgehead atoms. The van der Waals surface area contributed by atoms with E-state index in [9.17, 15) is 0 Å². The third-order valence-electron chi connectivity index (χ3n) is 2.23. The van der Waals surface area contributed by atoms with Crippen LogP contribution in [0.15, 0.2) is 30.3 Å². The molecule has 0 spiro atoms. The Morgan fingerprint density at radius 1 is 0.875 bits per heavy atom. The largest absolute Gasteiger partial charge is 0.478 e. The molecule has 186 valence electrons. The molecular weight excluding hydrogens is 518 g/mol. The first-order valence-electron chi connectivity index (χ1n) is 9.41. The van der Waals surface area contributed by atoms with Crippen LogP contribution >= 0.6 is 25.0 Å². The smallest absolute Gasteiger partial charge is 0.319 e. The van der Waals surface area contributed by atoms with E-state index < -0.39 is 13.4 Å². The van der Waals surface area contributed by atoms with Gasteiger partial charge in [-0.1, -0.05) is 45.7 Å². The lowest BCUT2D eigenvalue weighted by molar-refractivity contribution is 0.326. The number of halogens is 1. The van der Waals surface area contributed by atoms with Gasteiger partial charge in [0.25, 0.3) is 0 Å². The molecule has 0 unspecified atom stereocenters. The van der Waals surface area contributed by atoms with Crippen molar-refractivity contribution in [3.8, 4) is 17.3 Å². The average molecular weight is 551 g/mol. The summed E-state index contributed by atoms with van der Waals surface area (Å²) in [5.41, 5.74) is 1.81. The lowest BCUT2D eigenvalue weighted by Crippen LogP contribution is -1.99. The van der Waals surface area contributed by atoms with Gasteiger partial charge in [-0.05, 0) is 61.7 Å². The second-order valence-corrected chi connectivity index (χ2v) is 10.8. The summed E-state index contributed by atoms with van der Waals surface area (Å²) in [6, 6.07) is 9.26. The van der Waals surface area contributed by atoms with Gasteiger partial charge < -0.3 is 34.1 Å². The molecule has 2 aromatic rings. The van der Waals surface area contributed by atoms with E-state index in [0.29, 0.717) is 23.3 Å². The molecular formula is C18H33ClN2O7P2S2. The number of hydrogen-bond donors (Lipinski definition) is 6. The fraction of sp³-hybridized carbons (Fsp3) is 0.444. The average Bonchev–Trinajstić information content (AvgIpc) is 2.62. The van der Waals surface area contributed by atoms with Crippen LogP contribution in [0.2, 0.25) is 5.02 Å². The van der Waals surface area contributed by atoms with Crippen molar-refractivity contribution >= 4 is 48.7 Å². The van der Waals surface area contributed by atoms with Gasteiger partial charge in [-0.2, -0.15) is 4.98 Å². The predicted molar refractivity (Wildman–Crippen MR) is 138 cm³/mol. The van der Waals surface area contributed by atoms with E-state index >= 15 is 0 Å². The van der Waals surface area contributed by atoms with E-state index in [1.807, 2.05) is 58.0 Å². The van der Waals surface area contributed by atoms with Crippen molar-refractivity contribution in [2.24, 2.45) is 0 Å². The van der Waals surface area contributed by atoms with E-state index in [2.05, 4.69) is 47.4 Å². The highest BCUT2D eigenvalue weighted by Crippen LogP contribution is 2.27. The first-order chi connectivity index (χ1) is 14.6. The molecule has 1 aromatic heterocycles. The van der Waals surface area contributed by atoms with Gasteiger partial charge >= 0.3 is 13.4 Å². The van der Waals surface area contributed by atoms with Gasteiger partial charge in [-0.25, -0.2) is 4.98 Å². The van der Waals surface area contributed by atoms with Crippen LogP contribution in [0.4, 0.5) is 0 Å². The minimum absolute atomic E-state index is 0.594. The van der Waals surface area contributed by atoms with Crippen LogP contribution in [-0.4, -0.2) is 45.9 Å². The first kappa shape index (κ1) is 36.0. The molecule has 14 heteroatoms. The number of rotatable bonds is 3. The molecule has 2 rings (SSSR count). The summed E-state index contributed by atoms with van der Waals surface area (Å²) in [5, 5.41) is 0.700. The normalized spacial score (nSPS) is 9.91. The zero-order valence-electron chi connectivity index (χ0n) is 18.9. The number of nitrogens with zero attached hydrogens (tertiary/aromatic N) is 2. The van der Waals surface area contributed by atoms with Gasteiger partial charge in [0.15, 0.2) is 5.82 Å². The Balaban J connectivity index is -0.000000464. The summed E-state index contributed by atoms with van der Waals surface area (Å²) in [4.78, 5) is 54.1. The number of benzene rings is 1. The summed E-state index contributed by atoms with van der Waals surface area (Å²) >= 11 is 13.1. The molecule has 0 fully saturated rings. The molecule has 0 aliphatic carbocycles. The van der Waals surface area contributed by atoms with Gasteiger partial charge in [0.05, 0.1) is 6.61 Å². The lowest BCUT2D eigenvalue weighted by atomic mass is 10.2. The summed E-state index contributed by atoms with van der Waals surface area (Å²) in [5.74, 6) is 1.26. The topological polar surface area (TPSA) is 156 Å². The van der Waals surface area contributed by atoms with E-state index in [0.717, 1.165) is 11.3 Å². The van der Waals surface area contributed by atoms with Crippen molar-refractivity contribution in [1.82, 2.24) is 9.97 Å². The molecule has 9 nitrogen and oxygen atoms in total. The fourth-order valence-electron chi connectivity index (χ4n) is 1.49. The van der Waals surface area contributed by atoms with Crippen LogP contribution < -0.4 is 4.74 Å². The van der Waals surface area contributed by atoms with Crippen LogP contribution in [-0.2, 0) is 23.6 Å². The molecule has 1 aromatic carbocycles. The van der Waals surface area contributed by atoms with Gasteiger partial charge in [0.1, 0.15) is 0 Å². The van der Waals surface area contributed by atoms with E-state index in [-0.39, 0.29) is 0 Å². The summed E-state index contributed by atoms with van der Waals surface area (Å²) < 4.78 is 5.40. The van der Waals surface area contributed by atoms with E-state index in [1.54, 1.807) is 0 Å². The number of ether oxygens (including phenoxy) is 1. The molecule has 32 heavy (non-hydrogen) atoms. The fourth-order valence-corrected chi connectivity index (χ4v) is 1.62. The van der Waals surface area contributed by atoms with Gasteiger partial charge in [-0.15, -0.1) is 0 Å². The van der Waals surface area contributed by atoms with Crippen LogP contribution in [0.3, 0.4) is 0 Å². The van der Waals surface area contributed by atoms with Crippen molar-refractivity contribution in [3.05, 3.63) is 41.0 Å². The standard InChI is InChI=1S/C13H13ClN2O.C3H8.C2H6.2H3O3PS/c1-3-17-12-8-9(2)15-13(16-12)10-4-6-11(14)7-5-10;1-3-2;1-2;2*1-4(2,3)5/h4-8H,3H2,1-2H3;3H2,1-2H3;1-2H3;2*(H3,1,2,3,5). The van der Waals surface area contributed by atoms with Gasteiger partial charge in [0.2, 0.25) is 5.88 Å². The number of aryl methyl sites for hydroxylation is 1. The zero-order chi connectivity index (χ0) is 26.0. The number of aromatic nitrogens is 2. The summed E-state index contributed by atoms with van der Waals surface area (Å²) in [7, 11) is 0. The molecule has 0 saturated heterocycles. The van der Waals surface area contributed by atoms with Gasteiger partial charge in [-0.3, -0.25) is 0 Å². The molecule has 0 aliphatic rings. The summed E-state index contributed by atoms with van der Waals surface area (Å²) in [6.45, 7) is 5.08. The van der Waals surface area contributed by atoms with Crippen molar-refractivity contribution < 1.29 is 34.1 Å². The van der Waals surface area contributed by atoms with Crippen LogP contribution in [0.5, 0.6) is 5.88 Å². The van der Waals surface area contributed by atoms with E-state index in [1.165, 1.54) is 6.42 Å². The van der Waals surface area contributed by atoms with E-state index in [4.69, 9.17) is 45.7 Å². The summed E-state index contributed by atoms with van der Waals surface area (Å²) in [6.07, 6.45) is 1.25. The monoisotopic (exact) mass is 550 g/mol. The molecule has 0 atom stereocenters. The lowest BCUT2D eigenvalue weighted by Gasteiger charge is -2.06. The third kappa shape index (κ3) is 29.5. The Morgan fingerprint density at radius 2 is 1.25 bits per heavy atom. The third-order valence-corrected chi connectivity index (χ3v) is 2.48.